The van der Waals surface area contributed by atoms with Gasteiger partial charge in [-0.05, 0) is 97.0 Å². The maximum atomic E-state index is 14.3. The second-order valence-corrected chi connectivity index (χ2v) is 20.1. The largest absolute Gasteiger partial charge is 0.507 e. The third-order valence-corrected chi connectivity index (χ3v) is 14.8. The van der Waals surface area contributed by atoms with E-state index in [2.05, 4.69) is 15.0 Å². The Labute approximate surface area is 478 Å². The highest BCUT2D eigenvalue weighted by Gasteiger charge is 2.35. The summed E-state index contributed by atoms with van der Waals surface area (Å²) in [5, 5.41) is 41.7. The number of ether oxygens (including phenoxy) is 6. The Morgan fingerprint density at radius 1 is 0.566 bits per heavy atom. The predicted molar refractivity (Wildman–Crippen MR) is 296 cm³/mol. The minimum absolute atomic E-state index is 0.00563. The molecule has 5 heterocycles. The van der Waals surface area contributed by atoms with Gasteiger partial charge < -0.3 is 63.5 Å². The second-order valence-electron chi connectivity index (χ2n) is 20.1. The minimum atomic E-state index is -0.534. The molecule has 4 N–H and O–H groups in total. The van der Waals surface area contributed by atoms with Crippen LogP contribution in [0.25, 0.3) is 0 Å². The summed E-state index contributed by atoms with van der Waals surface area (Å²) < 4.78 is 35.9. The van der Waals surface area contributed by atoms with Crippen molar-refractivity contribution in [1.29, 1.82) is 0 Å². The van der Waals surface area contributed by atoms with Crippen LogP contribution in [-0.4, -0.2) is 171 Å². The molecule has 0 bridgehead atoms. The highest BCUT2D eigenvalue weighted by molar-refractivity contribution is 5.97. The Hall–Kier alpha value is -8.83. The maximum absolute atomic E-state index is 14.3. The maximum Gasteiger partial charge on any atom is 0.274 e. The van der Waals surface area contributed by atoms with Crippen molar-refractivity contribution in [1.82, 2.24) is 29.7 Å². The molecule has 22 heteroatoms. The molecule has 3 atom stereocenters. The van der Waals surface area contributed by atoms with E-state index in [9.17, 15) is 49.2 Å². The Bertz CT molecular complexity index is 3310. The molecule has 0 unspecified atom stereocenters. The van der Waals surface area contributed by atoms with Gasteiger partial charge in [0.2, 0.25) is 0 Å². The average Bonchev–Trinajstić information content (AvgIpc) is 4.23. The standard InChI is InChI=1S/C61H64N6O16/c68-29-41-7-1-2-10-45(41)59(75)67-21-24-80-35-44(67)38-83-57-28-40(26-54(74)49(57)32-71)33-78-22-14-50-46(11-4-16-62-50)60(76)65-19-5-8-42(65)37-82-56-27-39(25-53(73)48(56)31-70)34-79-23-15-51-58(64-18-17-63-51)61(77)66-20-6-9-43(66)36-81-55-13-3-12-52(72)47(55)30-69/h1-4,7,10-13,16-18,25-28,30-32,42-44,68,72-74H,5-6,8-9,14-15,19-24,29,33-38H2/t42-,43-,44-/m0/s1. The van der Waals surface area contributed by atoms with Gasteiger partial charge in [-0.1, -0.05) is 24.3 Å². The summed E-state index contributed by atoms with van der Waals surface area (Å²) in [6.07, 6.45) is 9.21. The quantitative estimate of drug-likeness (QED) is 0.0373. The Balaban J connectivity index is 0.764. The van der Waals surface area contributed by atoms with Crippen molar-refractivity contribution in [2.45, 2.75) is 76.5 Å². The van der Waals surface area contributed by atoms with E-state index in [1.54, 1.807) is 81.6 Å². The van der Waals surface area contributed by atoms with Gasteiger partial charge in [0.25, 0.3) is 17.7 Å². The number of carbonyl (C=O) groups is 6. The molecule has 3 saturated heterocycles. The van der Waals surface area contributed by atoms with Crippen molar-refractivity contribution in [2.75, 3.05) is 65.9 Å². The molecule has 0 spiro atoms. The number of nitrogens with zero attached hydrogens (tertiary/aromatic N) is 6. The highest BCUT2D eigenvalue weighted by atomic mass is 16.5. The van der Waals surface area contributed by atoms with Crippen LogP contribution < -0.4 is 14.2 Å². The molecule has 9 rings (SSSR count). The molecule has 0 radical (unpaired) electrons. The highest BCUT2D eigenvalue weighted by Crippen LogP contribution is 2.33. The summed E-state index contributed by atoms with van der Waals surface area (Å²) in [6, 6.07) is 19.5. The van der Waals surface area contributed by atoms with Gasteiger partial charge in [-0.3, -0.25) is 38.7 Å². The van der Waals surface area contributed by atoms with Gasteiger partial charge in [0.15, 0.2) is 18.9 Å². The number of morpholine rings is 1. The van der Waals surface area contributed by atoms with Crippen LogP contribution in [0.2, 0.25) is 0 Å². The van der Waals surface area contributed by atoms with E-state index in [-0.39, 0.29) is 166 Å². The molecule has 3 aliphatic rings. The van der Waals surface area contributed by atoms with Crippen LogP contribution >= 0.6 is 0 Å². The molecule has 3 fully saturated rings. The van der Waals surface area contributed by atoms with Gasteiger partial charge in [-0.15, -0.1) is 0 Å². The van der Waals surface area contributed by atoms with Crippen molar-refractivity contribution in [3.63, 3.8) is 0 Å². The fourth-order valence-electron chi connectivity index (χ4n) is 10.5. The molecule has 0 aliphatic carbocycles. The number of phenolic OH excluding ortho intramolecular Hbond substituents is 3. The van der Waals surface area contributed by atoms with E-state index in [1.807, 2.05) is 0 Å². The minimum Gasteiger partial charge on any atom is -0.507 e. The van der Waals surface area contributed by atoms with Gasteiger partial charge in [0.05, 0.1) is 98.0 Å². The summed E-state index contributed by atoms with van der Waals surface area (Å²) in [5.41, 5.74) is 3.21. The van der Waals surface area contributed by atoms with E-state index >= 15 is 0 Å². The molecular weight excluding hydrogens is 1070 g/mol. The summed E-state index contributed by atoms with van der Waals surface area (Å²) >= 11 is 0. The lowest BCUT2D eigenvalue weighted by Gasteiger charge is -2.36. The van der Waals surface area contributed by atoms with Crippen molar-refractivity contribution >= 4 is 36.6 Å². The number of aliphatic hydroxyl groups is 1. The predicted octanol–water partition coefficient (Wildman–Crippen LogP) is 5.72. The zero-order valence-corrected chi connectivity index (χ0v) is 45.5. The van der Waals surface area contributed by atoms with E-state index in [1.165, 1.54) is 30.6 Å². The lowest BCUT2D eigenvalue weighted by atomic mass is 10.1. The number of hydrogen-bond acceptors (Lipinski definition) is 19. The number of aromatic hydroxyl groups is 3. The monoisotopic (exact) mass is 1140 g/mol. The Morgan fingerprint density at radius 2 is 1.11 bits per heavy atom. The van der Waals surface area contributed by atoms with Crippen molar-refractivity contribution in [3.05, 3.63) is 159 Å². The van der Waals surface area contributed by atoms with Crippen molar-refractivity contribution < 1.29 is 77.6 Å². The first-order valence-electron chi connectivity index (χ1n) is 27.4. The number of pyridine rings is 1. The molecule has 2 aromatic heterocycles. The zero-order valence-electron chi connectivity index (χ0n) is 45.5. The molecule has 4 aromatic carbocycles. The van der Waals surface area contributed by atoms with Crippen LogP contribution in [0, 0.1) is 0 Å². The van der Waals surface area contributed by atoms with Gasteiger partial charge in [0.1, 0.15) is 60.0 Å². The summed E-state index contributed by atoms with van der Waals surface area (Å²) in [6.45, 7) is 1.71. The van der Waals surface area contributed by atoms with E-state index < -0.39 is 6.04 Å². The van der Waals surface area contributed by atoms with Crippen molar-refractivity contribution in [2.24, 2.45) is 0 Å². The second kappa shape index (κ2) is 28.2. The van der Waals surface area contributed by atoms with Crippen molar-refractivity contribution in [3.8, 4) is 34.5 Å². The molecule has 434 valence electrons. The number of rotatable bonds is 26. The number of hydrogen-bond donors (Lipinski definition) is 4. The van der Waals surface area contributed by atoms with Crippen LogP contribution in [0.5, 0.6) is 34.5 Å². The third kappa shape index (κ3) is 14.1. The molecule has 3 aliphatic heterocycles. The van der Waals surface area contributed by atoms with Gasteiger partial charge in [-0.25, -0.2) is 4.98 Å². The first-order valence-corrected chi connectivity index (χ1v) is 27.4. The van der Waals surface area contributed by atoms with Gasteiger partial charge in [-0.2, -0.15) is 0 Å². The summed E-state index contributed by atoms with van der Waals surface area (Å²) in [4.78, 5) is 96.0. The first-order chi connectivity index (χ1) is 40.5. The fourth-order valence-corrected chi connectivity index (χ4v) is 10.5. The van der Waals surface area contributed by atoms with Crippen LogP contribution in [0.1, 0.15) is 116 Å². The van der Waals surface area contributed by atoms with Crippen LogP contribution in [0.3, 0.4) is 0 Å². The SMILES string of the molecule is O=Cc1c(O)cc(COCCc2ncccc2C(=O)N2CCC[C@H]2COc2cc(COCCc3nccnc3C(=O)N3CCC[C@H]3COc3cccc(O)c3C=O)cc(O)c2C=O)cc1OC[C@@H]1COCCN1C(=O)c1ccccc1CO. The lowest BCUT2D eigenvalue weighted by molar-refractivity contribution is -0.0152. The Kier molecular flexibility index (Phi) is 20.0. The molecule has 6 aromatic rings. The first kappa shape index (κ1) is 58.8. The number of phenols is 3. The fraction of sp³-hybridized carbons (Fsp3) is 0.361. The lowest BCUT2D eigenvalue weighted by Crippen LogP contribution is -2.51. The third-order valence-electron chi connectivity index (χ3n) is 14.8. The number of benzene rings is 4. The topological polar surface area (TPSA) is 287 Å². The van der Waals surface area contributed by atoms with Gasteiger partial charge >= 0.3 is 0 Å². The number of carbonyl (C=O) groups excluding carboxylic acids is 6. The number of amides is 3. The zero-order chi connectivity index (χ0) is 58.2. The Morgan fingerprint density at radius 3 is 1.76 bits per heavy atom. The molecule has 83 heavy (non-hydrogen) atoms. The average molecular weight is 1140 g/mol. The van der Waals surface area contributed by atoms with E-state index in [4.69, 9.17) is 28.4 Å². The number of aldehydes is 3. The summed E-state index contributed by atoms with van der Waals surface area (Å²) in [7, 11) is 0. The normalized spacial score (nSPS) is 16.8. The van der Waals surface area contributed by atoms with Crippen LogP contribution in [0.4, 0.5) is 0 Å². The van der Waals surface area contributed by atoms with Crippen LogP contribution in [-0.2, 0) is 46.9 Å². The summed E-state index contributed by atoms with van der Waals surface area (Å²) in [5.74, 6) is -1.28. The number of aromatic nitrogens is 3. The molecule has 22 nitrogen and oxygen atoms in total. The molecular formula is C61H64N6O16. The van der Waals surface area contributed by atoms with E-state index in [0.29, 0.717) is 97.0 Å². The number of aliphatic hydroxyl groups excluding tert-OH is 1. The van der Waals surface area contributed by atoms with E-state index in [0.717, 1.165) is 6.42 Å². The smallest absolute Gasteiger partial charge is 0.274 e. The molecule has 0 saturated carbocycles. The molecule has 3 amide bonds. The number of likely N-dealkylation sites (tertiary alicyclic amines) is 2. The van der Waals surface area contributed by atoms with Crippen LogP contribution in [0.15, 0.2) is 97.5 Å². The van der Waals surface area contributed by atoms with Gasteiger partial charge in [0, 0.05) is 56.6 Å².